The molecule has 0 aliphatic carbocycles. The highest BCUT2D eigenvalue weighted by Crippen LogP contribution is 2.41. The Morgan fingerprint density at radius 3 is 2.57 bits per heavy atom. The molecule has 0 atom stereocenters. The third-order valence-corrected chi connectivity index (χ3v) is 4.75. The Hall–Kier alpha value is -2.26. The smallest absolute Gasteiger partial charge is 0.138 e. The first-order chi connectivity index (χ1) is 10.3. The summed E-state index contributed by atoms with van der Waals surface area (Å²) in [6, 6.07) is 19.0. The Morgan fingerprint density at radius 2 is 1.71 bits per heavy atom. The Bertz CT molecular complexity index is 831. The second kappa shape index (κ2) is 4.93. The molecule has 2 aromatic carbocycles. The van der Waals surface area contributed by atoms with Crippen LogP contribution in [0.2, 0.25) is 0 Å². The average Bonchev–Trinajstić information content (AvgIpc) is 2.80. The standard InChI is InChI=1S/C18H14N2S/c1-13-12-19-18-11-17(14-7-3-2-4-8-14)21-16-10-6-5-9-15(16)20(13)18/h2-12H,1H3. The van der Waals surface area contributed by atoms with Crippen LogP contribution in [0.1, 0.15) is 17.1 Å². The average molecular weight is 290 g/mol. The Balaban J connectivity index is 1.97. The van der Waals surface area contributed by atoms with Gasteiger partial charge < -0.3 is 0 Å². The van der Waals surface area contributed by atoms with Gasteiger partial charge in [0.2, 0.25) is 0 Å². The number of para-hydroxylation sites is 1. The van der Waals surface area contributed by atoms with Gasteiger partial charge in [0.05, 0.1) is 5.69 Å². The fourth-order valence-electron chi connectivity index (χ4n) is 2.61. The van der Waals surface area contributed by atoms with Gasteiger partial charge in [-0.15, -0.1) is 0 Å². The SMILES string of the molecule is Cc1cnc2n1-c1ccccc1SC(c1ccccc1)=C2. The van der Waals surface area contributed by atoms with Crippen LogP contribution in [0.3, 0.4) is 0 Å². The summed E-state index contributed by atoms with van der Waals surface area (Å²) in [6.07, 6.45) is 4.11. The van der Waals surface area contributed by atoms with E-state index in [2.05, 4.69) is 71.1 Å². The summed E-state index contributed by atoms with van der Waals surface area (Å²) in [4.78, 5) is 7.05. The fraction of sp³-hybridized carbons (Fsp3) is 0.0556. The predicted octanol–water partition coefficient (Wildman–Crippen LogP) is 4.78. The largest absolute Gasteiger partial charge is 0.296 e. The maximum Gasteiger partial charge on any atom is 0.138 e. The van der Waals surface area contributed by atoms with Gasteiger partial charge in [0.15, 0.2) is 0 Å². The zero-order valence-corrected chi connectivity index (χ0v) is 12.5. The lowest BCUT2D eigenvalue weighted by Gasteiger charge is -2.10. The first-order valence-electron chi connectivity index (χ1n) is 6.91. The molecule has 1 aliphatic heterocycles. The highest BCUT2D eigenvalue weighted by atomic mass is 32.2. The number of hydrogen-bond donors (Lipinski definition) is 0. The molecule has 1 aromatic heterocycles. The normalized spacial score (nSPS) is 13.1. The van der Waals surface area contributed by atoms with Crippen molar-refractivity contribution in [1.29, 1.82) is 0 Å². The molecule has 0 saturated heterocycles. The number of imidazole rings is 1. The number of nitrogens with zero attached hydrogens (tertiary/aromatic N) is 2. The second-order valence-electron chi connectivity index (χ2n) is 5.04. The van der Waals surface area contributed by atoms with E-state index < -0.39 is 0 Å². The van der Waals surface area contributed by atoms with Crippen LogP contribution in [0, 0.1) is 6.92 Å². The van der Waals surface area contributed by atoms with E-state index in [9.17, 15) is 0 Å². The lowest BCUT2D eigenvalue weighted by molar-refractivity contribution is 0.964. The third kappa shape index (κ3) is 2.10. The molecule has 0 unspecified atom stereocenters. The number of aryl methyl sites for hydroxylation is 1. The van der Waals surface area contributed by atoms with Crippen molar-refractivity contribution in [3.63, 3.8) is 0 Å². The molecule has 3 aromatic rings. The molecule has 0 spiro atoms. The van der Waals surface area contributed by atoms with Crippen molar-refractivity contribution < 1.29 is 0 Å². The third-order valence-electron chi connectivity index (χ3n) is 3.61. The Morgan fingerprint density at radius 1 is 0.952 bits per heavy atom. The predicted molar refractivity (Wildman–Crippen MR) is 88.5 cm³/mol. The minimum atomic E-state index is 0.990. The molecule has 1 aliphatic rings. The number of benzene rings is 2. The highest BCUT2D eigenvalue weighted by Gasteiger charge is 2.18. The van der Waals surface area contributed by atoms with Gasteiger partial charge in [0.1, 0.15) is 5.82 Å². The van der Waals surface area contributed by atoms with Crippen molar-refractivity contribution in [3.05, 3.63) is 77.9 Å². The molecular weight excluding hydrogens is 276 g/mol. The van der Waals surface area contributed by atoms with E-state index in [-0.39, 0.29) is 0 Å². The Labute approximate surface area is 128 Å². The van der Waals surface area contributed by atoms with Gasteiger partial charge >= 0.3 is 0 Å². The van der Waals surface area contributed by atoms with Gasteiger partial charge in [-0.05, 0) is 30.7 Å². The topological polar surface area (TPSA) is 17.8 Å². The van der Waals surface area contributed by atoms with Crippen LogP contribution in [-0.4, -0.2) is 9.55 Å². The molecule has 4 rings (SSSR count). The van der Waals surface area contributed by atoms with E-state index in [1.54, 1.807) is 11.8 Å². The summed E-state index contributed by atoms with van der Waals surface area (Å²) < 4.78 is 2.22. The molecule has 102 valence electrons. The molecule has 0 bridgehead atoms. The molecule has 0 fully saturated rings. The molecular formula is C18H14N2S. The second-order valence-corrected chi connectivity index (χ2v) is 6.12. The van der Waals surface area contributed by atoms with E-state index in [4.69, 9.17) is 0 Å². The molecule has 2 heterocycles. The number of fused-ring (bicyclic) bond motifs is 3. The molecule has 2 nitrogen and oxygen atoms in total. The van der Waals surface area contributed by atoms with Crippen molar-refractivity contribution in [2.75, 3.05) is 0 Å². The van der Waals surface area contributed by atoms with E-state index in [1.165, 1.54) is 21.1 Å². The minimum Gasteiger partial charge on any atom is -0.296 e. The highest BCUT2D eigenvalue weighted by molar-refractivity contribution is 8.08. The molecule has 0 N–H and O–H groups in total. The van der Waals surface area contributed by atoms with Gasteiger partial charge in [-0.1, -0.05) is 54.2 Å². The lowest BCUT2D eigenvalue weighted by Crippen LogP contribution is -1.99. The van der Waals surface area contributed by atoms with Crippen LogP contribution >= 0.6 is 11.8 Å². The quantitative estimate of drug-likeness (QED) is 0.641. The zero-order chi connectivity index (χ0) is 14.2. The van der Waals surface area contributed by atoms with Crippen molar-refractivity contribution in [3.8, 4) is 5.69 Å². The van der Waals surface area contributed by atoms with Gasteiger partial charge in [-0.25, -0.2) is 4.98 Å². The summed E-state index contributed by atoms with van der Waals surface area (Å²) in [5.41, 5.74) is 3.59. The van der Waals surface area contributed by atoms with Crippen LogP contribution in [0.25, 0.3) is 16.7 Å². The Kier molecular flexibility index (Phi) is 2.93. The maximum absolute atomic E-state index is 4.56. The van der Waals surface area contributed by atoms with Crippen molar-refractivity contribution in [2.24, 2.45) is 0 Å². The molecule has 0 amide bonds. The first-order valence-corrected chi connectivity index (χ1v) is 7.73. The fourth-order valence-corrected chi connectivity index (χ4v) is 3.67. The first kappa shape index (κ1) is 12.5. The van der Waals surface area contributed by atoms with E-state index in [0.717, 1.165) is 11.5 Å². The molecule has 21 heavy (non-hydrogen) atoms. The maximum atomic E-state index is 4.56. The minimum absolute atomic E-state index is 0.990. The van der Waals surface area contributed by atoms with Gasteiger partial charge in [0, 0.05) is 21.7 Å². The van der Waals surface area contributed by atoms with Gasteiger partial charge in [-0.2, -0.15) is 0 Å². The number of rotatable bonds is 1. The number of hydrogen-bond acceptors (Lipinski definition) is 2. The number of aromatic nitrogens is 2. The zero-order valence-electron chi connectivity index (χ0n) is 11.7. The summed E-state index contributed by atoms with van der Waals surface area (Å²) in [7, 11) is 0. The van der Waals surface area contributed by atoms with Crippen molar-refractivity contribution in [2.45, 2.75) is 11.8 Å². The van der Waals surface area contributed by atoms with Crippen LogP contribution in [0.4, 0.5) is 0 Å². The van der Waals surface area contributed by atoms with Crippen LogP contribution < -0.4 is 0 Å². The van der Waals surface area contributed by atoms with Gasteiger partial charge in [0.25, 0.3) is 0 Å². The summed E-state index contributed by atoms with van der Waals surface area (Å²) in [6.45, 7) is 2.10. The van der Waals surface area contributed by atoms with E-state index in [1.807, 2.05) is 12.3 Å². The lowest BCUT2D eigenvalue weighted by atomic mass is 10.2. The molecule has 0 radical (unpaired) electrons. The monoisotopic (exact) mass is 290 g/mol. The summed E-state index contributed by atoms with van der Waals surface area (Å²) >= 11 is 1.80. The summed E-state index contributed by atoms with van der Waals surface area (Å²) in [5, 5.41) is 0. The molecule has 0 saturated carbocycles. The summed E-state index contributed by atoms with van der Waals surface area (Å²) in [5.74, 6) is 0.990. The van der Waals surface area contributed by atoms with E-state index >= 15 is 0 Å². The van der Waals surface area contributed by atoms with Crippen molar-refractivity contribution in [1.82, 2.24) is 9.55 Å². The van der Waals surface area contributed by atoms with Crippen LogP contribution in [0.5, 0.6) is 0 Å². The van der Waals surface area contributed by atoms with Crippen LogP contribution in [-0.2, 0) is 0 Å². The molecule has 3 heteroatoms. The van der Waals surface area contributed by atoms with Crippen molar-refractivity contribution >= 4 is 22.7 Å². The van der Waals surface area contributed by atoms with Gasteiger partial charge in [-0.3, -0.25) is 4.57 Å². The van der Waals surface area contributed by atoms with E-state index in [0.29, 0.717) is 0 Å². The van der Waals surface area contributed by atoms with Crippen LogP contribution in [0.15, 0.2) is 65.7 Å². The number of thioether (sulfide) groups is 1.